The van der Waals surface area contributed by atoms with E-state index in [0.29, 0.717) is 16.9 Å². The highest BCUT2D eigenvalue weighted by Crippen LogP contribution is 2.55. The lowest BCUT2D eigenvalue weighted by atomic mass is 9.56. The quantitative estimate of drug-likeness (QED) is 0.364. The molecule has 3 rings (SSSR count). The van der Waals surface area contributed by atoms with Crippen LogP contribution in [0.3, 0.4) is 0 Å². The van der Waals surface area contributed by atoms with Gasteiger partial charge in [0.15, 0.2) is 0 Å². The molecule has 1 saturated heterocycles. The van der Waals surface area contributed by atoms with Crippen LogP contribution in [0.25, 0.3) is 0 Å². The molecule has 0 radical (unpaired) electrons. The molecular formula is C15H20O2. The van der Waals surface area contributed by atoms with Crippen molar-refractivity contribution < 1.29 is 9.53 Å². The highest BCUT2D eigenvalue weighted by atomic mass is 16.6. The van der Waals surface area contributed by atoms with Crippen molar-refractivity contribution >= 4 is 5.97 Å². The third-order valence-electron chi connectivity index (χ3n) is 5.13. The molecule has 2 heteroatoms. The van der Waals surface area contributed by atoms with Gasteiger partial charge in [0.25, 0.3) is 0 Å². The van der Waals surface area contributed by atoms with Crippen molar-refractivity contribution in [3.05, 3.63) is 23.8 Å². The van der Waals surface area contributed by atoms with Gasteiger partial charge in [-0.2, -0.15) is 0 Å². The number of ether oxygens (including phenoxy) is 1. The summed E-state index contributed by atoms with van der Waals surface area (Å²) in [4.78, 5) is 11.7. The van der Waals surface area contributed by atoms with Crippen LogP contribution in [0.1, 0.15) is 39.5 Å². The first-order valence-electron chi connectivity index (χ1n) is 6.59. The predicted molar refractivity (Wildman–Crippen MR) is 66.3 cm³/mol. The molecule has 3 aliphatic rings. The zero-order valence-corrected chi connectivity index (χ0v) is 10.7. The Morgan fingerprint density at radius 3 is 3.00 bits per heavy atom. The Kier molecular flexibility index (Phi) is 2.26. The van der Waals surface area contributed by atoms with Gasteiger partial charge in [-0.25, -0.2) is 4.79 Å². The molecule has 2 fully saturated rings. The number of allylic oxidation sites excluding steroid dienone is 1. The number of rotatable bonds is 0. The highest BCUT2D eigenvalue weighted by molar-refractivity contribution is 5.91. The van der Waals surface area contributed by atoms with E-state index in [4.69, 9.17) is 4.74 Å². The number of hydrogen-bond donors (Lipinski definition) is 0. The van der Waals surface area contributed by atoms with Crippen LogP contribution in [0.15, 0.2) is 23.8 Å². The summed E-state index contributed by atoms with van der Waals surface area (Å²) >= 11 is 0. The highest BCUT2D eigenvalue weighted by Gasteiger charge is 2.54. The number of carbonyl (C=O) groups excluding carboxylic acids is 1. The Balaban J connectivity index is 2.00. The van der Waals surface area contributed by atoms with Crippen molar-refractivity contribution in [3.8, 4) is 0 Å². The molecule has 0 bridgehead atoms. The molecule has 0 spiro atoms. The van der Waals surface area contributed by atoms with Crippen molar-refractivity contribution in [2.75, 3.05) is 0 Å². The Morgan fingerprint density at radius 2 is 2.24 bits per heavy atom. The standard InChI is InChI=1S/C15H20O2/c1-9-5-4-7-15(3)8-6-11-10(2)14(16)17-13(11)12(9)15/h5,11-13H,2,4,6-8H2,1,3H3/t11-,12+,13+,15+/m0/s1. The van der Waals surface area contributed by atoms with Crippen LogP contribution in [-0.4, -0.2) is 12.1 Å². The van der Waals surface area contributed by atoms with E-state index in [2.05, 4.69) is 26.5 Å². The fourth-order valence-corrected chi connectivity index (χ4v) is 4.15. The van der Waals surface area contributed by atoms with Gasteiger partial charge < -0.3 is 4.74 Å². The molecule has 4 atom stereocenters. The maximum atomic E-state index is 11.7. The monoisotopic (exact) mass is 232 g/mol. The average molecular weight is 232 g/mol. The van der Waals surface area contributed by atoms with Gasteiger partial charge in [-0.1, -0.05) is 25.2 Å². The molecule has 17 heavy (non-hydrogen) atoms. The second-order valence-electron chi connectivity index (χ2n) is 6.16. The summed E-state index contributed by atoms with van der Waals surface area (Å²) in [5.41, 5.74) is 2.44. The minimum absolute atomic E-state index is 0.0605. The van der Waals surface area contributed by atoms with E-state index >= 15 is 0 Å². The molecule has 0 aromatic rings. The third kappa shape index (κ3) is 1.42. The maximum absolute atomic E-state index is 11.7. The lowest BCUT2D eigenvalue weighted by Gasteiger charge is -2.49. The van der Waals surface area contributed by atoms with Gasteiger partial charge in [-0.15, -0.1) is 0 Å². The van der Waals surface area contributed by atoms with Gasteiger partial charge in [0.2, 0.25) is 0 Å². The van der Waals surface area contributed by atoms with Crippen LogP contribution in [0.4, 0.5) is 0 Å². The first-order chi connectivity index (χ1) is 8.03. The summed E-state index contributed by atoms with van der Waals surface area (Å²) in [5.74, 6) is 0.517. The van der Waals surface area contributed by atoms with Crippen LogP contribution in [0.2, 0.25) is 0 Å². The lowest BCUT2D eigenvalue weighted by Crippen LogP contribution is -2.45. The lowest BCUT2D eigenvalue weighted by molar-refractivity contribution is -0.144. The molecule has 1 aliphatic heterocycles. The van der Waals surface area contributed by atoms with E-state index in [1.807, 2.05) is 0 Å². The van der Waals surface area contributed by atoms with Crippen LogP contribution in [0.5, 0.6) is 0 Å². The number of carbonyl (C=O) groups is 1. The summed E-state index contributed by atoms with van der Waals surface area (Å²) in [5, 5.41) is 0. The van der Waals surface area contributed by atoms with Crippen molar-refractivity contribution in [1.29, 1.82) is 0 Å². The minimum atomic E-state index is -0.164. The summed E-state index contributed by atoms with van der Waals surface area (Å²) in [7, 11) is 0. The summed E-state index contributed by atoms with van der Waals surface area (Å²) < 4.78 is 5.60. The van der Waals surface area contributed by atoms with Crippen LogP contribution >= 0.6 is 0 Å². The Morgan fingerprint density at radius 1 is 1.47 bits per heavy atom. The topological polar surface area (TPSA) is 26.3 Å². The number of esters is 1. The summed E-state index contributed by atoms with van der Waals surface area (Å²) in [6.07, 6.45) is 7.04. The molecule has 1 heterocycles. The number of fused-ring (bicyclic) bond motifs is 3. The van der Waals surface area contributed by atoms with E-state index in [9.17, 15) is 4.79 Å². The van der Waals surface area contributed by atoms with Crippen LogP contribution in [-0.2, 0) is 9.53 Å². The molecule has 92 valence electrons. The average Bonchev–Trinajstić information content (AvgIpc) is 2.54. The molecule has 1 saturated carbocycles. The molecule has 0 unspecified atom stereocenters. The van der Waals surface area contributed by atoms with Crippen molar-refractivity contribution in [2.24, 2.45) is 17.3 Å². The maximum Gasteiger partial charge on any atom is 0.334 e. The Hall–Kier alpha value is -1.05. The van der Waals surface area contributed by atoms with Gasteiger partial charge in [0.05, 0.1) is 0 Å². The molecule has 2 nitrogen and oxygen atoms in total. The Bertz CT molecular complexity index is 421. The number of hydrogen-bond acceptors (Lipinski definition) is 2. The minimum Gasteiger partial charge on any atom is -0.458 e. The molecule has 0 aromatic carbocycles. The molecule has 0 amide bonds. The van der Waals surface area contributed by atoms with Crippen molar-refractivity contribution in [3.63, 3.8) is 0 Å². The second-order valence-corrected chi connectivity index (χ2v) is 6.16. The van der Waals surface area contributed by atoms with Gasteiger partial charge in [0, 0.05) is 17.4 Å². The van der Waals surface area contributed by atoms with Crippen LogP contribution in [0, 0.1) is 17.3 Å². The molecule has 0 aromatic heterocycles. The predicted octanol–water partition coefficient (Wildman–Crippen LogP) is 3.24. The first-order valence-corrected chi connectivity index (χ1v) is 6.59. The molecular weight excluding hydrogens is 212 g/mol. The van der Waals surface area contributed by atoms with E-state index in [-0.39, 0.29) is 18.0 Å². The fourth-order valence-electron chi connectivity index (χ4n) is 4.15. The van der Waals surface area contributed by atoms with E-state index < -0.39 is 0 Å². The normalized spacial score (nSPS) is 44.8. The molecule has 2 aliphatic carbocycles. The fraction of sp³-hybridized carbons (Fsp3) is 0.667. The van der Waals surface area contributed by atoms with E-state index in [0.717, 1.165) is 6.42 Å². The zero-order chi connectivity index (χ0) is 12.2. The Labute approximate surface area is 103 Å². The van der Waals surface area contributed by atoms with Gasteiger partial charge in [0.1, 0.15) is 6.10 Å². The second kappa shape index (κ2) is 3.47. The van der Waals surface area contributed by atoms with E-state index in [1.165, 1.54) is 24.8 Å². The first kappa shape index (κ1) is 11.1. The van der Waals surface area contributed by atoms with Gasteiger partial charge >= 0.3 is 5.97 Å². The smallest absolute Gasteiger partial charge is 0.334 e. The zero-order valence-electron chi connectivity index (χ0n) is 10.7. The van der Waals surface area contributed by atoms with Crippen molar-refractivity contribution in [2.45, 2.75) is 45.6 Å². The SMILES string of the molecule is C=C1C(=O)O[C@H]2[C@H]3C(C)=CCC[C@]3(C)CC[C@@H]12. The van der Waals surface area contributed by atoms with Crippen LogP contribution < -0.4 is 0 Å². The molecule has 0 N–H and O–H groups in total. The van der Waals surface area contributed by atoms with Gasteiger partial charge in [-0.3, -0.25) is 0 Å². The van der Waals surface area contributed by atoms with Crippen molar-refractivity contribution in [1.82, 2.24) is 0 Å². The largest absolute Gasteiger partial charge is 0.458 e. The van der Waals surface area contributed by atoms with Gasteiger partial charge in [-0.05, 0) is 38.0 Å². The summed E-state index contributed by atoms with van der Waals surface area (Å²) in [6, 6.07) is 0. The third-order valence-corrected chi connectivity index (χ3v) is 5.13. The van der Waals surface area contributed by atoms with E-state index in [1.54, 1.807) is 0 Å². The summed E-state index contributed by atoms with van der Waals surface area (Å²) in [6.45, 7) is 8.47.